The number of halogens is 1. The van der Waals surface area contributed by atoms with Crippen molar-refractivity contribution in [3.63, 3.8) is 0 Å². The van der Waals surface area contributed by atoms with Gasteiger partial charge in [-0.05, 0) is 68.7 Å². The molecule has 2 atom stereocenters. The number of nitrogens with zero attached hydrogens (tertiary/aromatic N) is 1. The highest BCUT2D eigenvalue weighted by atomic mass is 35.5. The van der Waals surface area contributed by atoms with Crippen molar-refractivity contribution >= 4 is 29.9 Å². The van der Waals surface area contributed by atoms with Crippen LogP contribution < -0.4 is 11.1 Å². The Bertz CT molecular complexity index is 656. The van der Waals surface area contributed by atoms with E-state index in [0.717, 1.165) is 56.4 Å². The molecule has 2 unspecified atom stereocenters. The van der Waals surface area contributed by atoms with E-state index in [1.54, 1.807) is 0 Å². The Morgan fingerprint density at radius 2 is 1.85 bits per heavy atom. The van der Waals surface area contributed by atoms with E-state index in [-0.39, 0.29) is 36.2 Å². The van der Waals surface area contributed by atoms with Crippen molar-refractivity contribution in [2.45, 2.75) is 52.0 Å². The fourth-order valence-electron chi connectivity index (χ4n) is 3.82. The molecule has 1 saturated heterocycles. The van der Waals surface area contributed by atoms with Gasteiger partial charge in [-0.25, -0.2) is 0 Å². The third-order valence-corrected chi connectivity index (χ3v) is 5.65. The summed E-state index contributed by atoms with van der Waals surface area (Å²) in [5.74, 6) is 0.841. The van der Waals surface area contributed by atoms with Crippen molar-refractivity contribution in [3.05, 3.63) is 29.3 Å². The van der Waals surface area contributed by atoms with Crippen molar-refractivity contribution in [2.24, 2.45) is 17.6 Å². The first-order chi connectivity index (χ1) is 11.9. The summed E-state index contributed by atoms with van der Waals surface area (Å²) in [6.45, 7) is 5.84. The van der Waals surface area contributed by atoms with Gasteiger partial charge in [0.1, 0.15) is 0 Å². The number of amides is 2. The van der Waals surface area contributed by atoms with Crippen LogP contribution in [0, 0.1) is 18.8 Å². The molecular weight excluding hydrogens is 350 g/mol. The zero-order valence-electron chi connectivity index (χ0n) is 15.7. The van der Waals surface area contributed by atoms with Gasteiger partial charge in [-0.2, -0.15) is 0 Å². The number of hydrogen-bond donors (Lipinski definition) is 2. The van der Waals surface area contributed by atoms with Crippen LogP contribution in [0.25, 0.3) is 0 Å². The third-order valence-electron chi connectivity index (χ3n) is 5.65. The smallest absolute Gasteiger partial charge is 0.253 e. The second-order valence-corrected chi connectivity index (χ2v) is 7.76. The minimum atomic E-state index is 0. The monoisotopic (exact) mass is 379 g/mol. The summed E-state index contributed by atoms with van der Waals surface area (Å²) < 4.78 is 0. The first-order valence-electron chi connectivity index (χ1n) is 9.40. The second-order valence-electron chi connectivity index (χ2n) is 7.76. The van der Waals surface area contributed by atoms with Crippen molar-refractivity contribution < 1.29 is 9.59 Å². The Balaban J connectivity index is 0.00000243. The molecule has 2 fully saturated rings. The summed E-state index contributed by atoms with van der Waals surface area (Å²) in [6, 6.07) is 5.70. The van der Waals surface area contributed by atoms with Crippen LogP contribution in [0.5, 0.6) is 0 Å². The van der Waals surface area contributed by atoms with Gasteiger partial charge in [0.2, 0.25) is 5.91 Å². The van der Waals surface area contributed by atoms with Crippen LogP contribution in [0.15, 0.2) is 18.2 Å². The standard InChI is InChI=1S/C20H29N3O2.ClH/c1-13-7-9-23(10-8-13)20(25)16-4-6-18(14(2)11-16)22-19(24)15-3-5-17(21)12-15;/h4,6,11,13,15,17H,3,5,7-10,12,21H2,1-2H3,(H,22,24);1H. The number of anilines is 1. The number of nitrogens with two attached hydrogens (primary N) is 1. The summed E-state index contributed by atoms with van der Waals surface area (Å²) >= 11 is 0. The van der Waals surface area contributed by atoms with Gasteiger partial charge in [0.05, 0.1) is 0 Å². The molecule has 1 heterocycles. The van der Waals surface area contributed by atoms with Crippen LogP contribution in [0.2, 0.25) is 0 Å². The van der Waals surface area contributed by atoms with E-state index in [1.165, 1.54) is 0 Å². The quantitative estimate of drug-likeness (QED) is 0.845. The Morgan fingerprint density at radius 3 is 2.42 bits per heavy atom. The zero-order chi connectivity index (χ0) is 18.0. The summed E-state index contributed by atoms with van der Waals surface area (Å²) in [4.78, 5) is 27.0. The molecular formula is C20H30ClN3O2. The van der Waals surface area contributed by atoms with Gasteiger partial charge < -0.3 is 16.0 Å². The van der Waals surface area contributed by atoms with Crippen molar-refractivity contribution in [2.75, 3.05) is 18.4 Å². The highest BCUT2D eigenvalue weighted by molar-refractivity contribution is 5.97. The third kappa shape index (κ3) is 4.77. The minimum absolute atomic E-state index is 0. The molecule has 0 spiro atoms. The van der Waals surface area contributed by atoms with Gasteiger partial charge >= 0.3 is 0 Å². The number of piperidine rings is 1. The molecule has 3 rings (SSSR count). The number of aryl methyl sites for hydroxylation is 1. The maximum Gasteiger partial charge on any atom is 0.253 e. The Morgan fingerprint density at radius 1 is 1.15 bits per heavy atom. The second kappa shape index (κ2) is 8.87. The summed E-state index contributed by atoms with van der Waals surface area (Å²) in [7, 11) is 0. The van der Waals surface area contributed by atoms with Crippen LogP contribution in [0.3, 0.4) is 0 Å². The first-order valence-corrected chi connectivity index (χ1v) is 9.40. The van der Waals surface area contributed by atoms with E-state index in [2.05, 4.69) is 12.2 Å². The molecule has 1 aliphatic carbocycles. The number of carbonyl (C=O) groups excluding carboxylic acids is 2. The van der Waals surface area contributed by atoms with E-state index in [0.29, 0.717) is 11.5 Å². The Labute approximate surface area is 162 Å². The molecule has 0 bridgehead atoms. The molecule has 1 aromatic carbocycles. The lowest BCUT2D eigenvalue weighted by atomic mass is 9.98. The molecule has 5 nitrogen and oxygen atoms in total. The molecule has 2 amide bonds. The normalized spacial score (nSPS) is 23.4. The van der Waals surface area contributed by atoms with Gasteiger partial charge in [0, 0.05) is 36.3 Å². The average Bonchev–Trinajstić information content (AvgIpc) is 3.03. The lowest BCUT2D eigenvalue weighted by molar-refractivity contribution is -0.119. The SMILES string of the molecule is Cc1cc(C(=O)N2CCC(C)CC2)ccc1NC(=O)C1CCC(N)C1.Cl. The summed E-state index contributed by atoms with van der Waals surface area (Å²) in [5.41, 5.74) is 8.31. The van der Waals surface area contributed by atoms with Gasteiger partial charge in [-0.1, -0.05) is 6.92 Å². The molecule has 6 heteroatoms. The van der Waals surface area contributed by atoms with E-state index < -0.39 is 0 Å². The molecule has 3 N–H and O–H groups in total. The van der Waals surface area contributed by atoms with Crippen molar-refractivity contribution in [1.29, 1.82) is 0 Å². The fraction of sp³-hybridized carbons (Fsp3) is 0.600. The predicted octanol–water partition coefficient (Wildman–Crippen LogP) is 3.35. The average molecular weight is 380 g/mol. The van der Waals surface area contributed by atoms with Gasteiger partial charge in [0.15, 0.2) is 0 Å². The molecule has 2 aliphatic rings. The van der Waals surface area contributed by atoms with E-state index in [1.807, 2.05) is 30.0 Å². The number of likely N-dealkylation sites (tertiary alicyclic amines) is 1. The number of carbonyl (C=O) groups is 2. The molecule has 26 heavy (non-hydrogen) atoms. The maximum absolute atomic E-state index is 12.7. The zero-order valence-corrected chi connectivity index (χ0v) is 16.5. The van der Waals surface area contributed by atoms with Gasteiger partial charge in [-0.15, -0.1) is 12.4 Å². The molecule has 0 aromatic heterocycles. The first kappa shape index (κ1) is 20.7. The lowest BCUT2D eigenvalue weighted by Gasteiger charge is -2.30. The molecule has 144 valence electrons. The maximum atomic E-state index is 12.7. The largest absolute Gasteiger partial charge is 0.339 e. The topological polar surface area (TPSA) is 75.4 Å². The molecule has 1 aliphatic heterocycles. The fourth-order valence-corrected chi connectivity index (χ4v) is 3.82. The van der Waals surface area contributed by atoms with E-state index in [9.17, 15) is 9.59 Å². The van der Waals surface area contributed by atoms with Crippen LogP contribution in [-0.2, 0) is 4.79 Å². The van der Waals surface area contributed by atoms with Crippen molar-refractivity contribution in [3.8, 4) is 0 Å². The Kier molecular flexibility index (Phi) is 7.07. The number of rotatable bonds is 3. The van der Waals surface area contributed by atoms with E-state index in [4.69, 9.17) is 5.73 Å². The number of hydrogen-bond acceptors (Lipinski definition) is 3. The summed E-state index contributed by atoms with van der Waals surface area (Å²) in [6.07, 6.45) is 4.68. The Hall–Kier alpha value is -1.59. The summed E-state index contributed by atoms with van der Waals surface area (Å²) in [5, 5.41) is 3.00. The van der Waals surface area contributed by atoms with Crippen LogP contribution in [0.4, 0.5) is 5.69 Å². The highest BCUT2D eigenvalue weighted by Crippen LogP contribution is 2.27. The van der Waals surface area contributed by atoms with Crippen LogP contribution in [0.1, 0.15) is 54.9 Å². The molecule has 1 saturated carbocycles. The minimum Gasteiger partial charge on any atom is -0.339 e. The van der Waals surface area contributed by atoms with Crippen molar-refractivity contribution in [1.82, 2.24) is 4.90 Å². The van der Waals surface area contributed by atoms with Gasteiger partial charge in [-0.3, -0.25) is 9.59 Å². The van der Waals surface area contributed by atoms with Crippen LogP contribution >= 0.6 is 12.4 Å². The lowest BCUT2D eigenvalue weighted by Crippen LogP contribution is -2.37. The molecule has 1 aromatic rings. The number of benzene rings is 1. The van der Waals surface area contributed by atoms with E-state index >= 15 is 0 Å². The number of nitrogens with one attached hydrogen (secondary N) is 1. The molecule has 0 radical (unpaired) electrons. The predicted molar refractivity (Wildman–Crippen MR) is 107 cm³/mol. The highest BCUT2D eigenvalue weighted by Gasteiger charge is 2.28. The van der Waals surface area contributed by atoms with Crippen LogP contribution in [-0.4, -0.2) is 35.8 Å². The van der Waals surface area contributed by atoms with Gasteiger partial charge in [0.25, 0.3) is 5.91 Å².